The van der Waals surface area contributed by atoms with Crippen molar-refractivity contribution in [3.8, 4) is 0 Å². The highest BCUT2D eigenvalue weighted by Crippen LogP contribution is 2.28. The summed E-state index contributed by atoms with van der Waals surface area (Å²) in [5.41, 5.74) is 3.31. The third-order valence-electron chi connectivity index (χ3n) is 2.83. The molecule has 0 amide bonds. The van der Waals surface area contributed by atoms with Crippen LogP contribution in [0.4, 0.5) is 5.69 Å². The molecule has 0 spiro atoms. The molecule has 0 heterocycles. The Morgan fingerprint density at radius 2 is 1.83 bits per heavy atom. The Kier molecular flexibility index (Phi) is 4.15. The number of benzene rings is 2. The van der Waals surface area contributed by atoms with Crippen LogP contribution in [0.2, 0.25) is 10.0 Å². The highest BCUT2D eigenvalue weighted by Gasteiger charge is 2.10. The van der Waals surface area contributed by atoms with Gasteiger partial charge in [0.05, 0.1) is 6.04 Å². The summed E-state index contributed by atoms with van der Waals surface area (Å²) in [5, 5.41) is 4.85. The van der Waals surface area contributed by atoms with Crippen LogP contribution in [0.5, 0.6) is 0 Å². The van der Waals surface area contributed by atoms with Crippen molar-refractivity contribution >= 4 is 28.9 Å². The Balaban J connectivity index is 2.21. The molecule has 0 aromatic heterocycles. The molecule has 0 fully saturated rings. The molecule has 0 radical (unpaired) electrons. The Morgan fingerprint density at radius 1 is 1.06 bits per heavy atom. The summed E-state index contributed by atoms with van der Waals surface area (Å²) in [5.74, 6) is 0. The first-order valence-corrected chi connectivity index (χ1v) is 6.60. The predicted molar refractivity (Wildman–Crippen MR) is 79.7 cm³/mol. The summed E-state index contributed by atoms with van der Waals surface area (Å²) in [6.45, 7) is 4.14. The van der Waals surface area contributed by atoms with Gasteiger partial charge in [-0.15, -0.1) is 0 Å². The molecule has 1 N–H and O–H groups in total. The number of anilines is 1. The second kappa shape index (κ2) is 5.64. The van der Waals surface area contributed by atoms with Crippen LogP contribution in [0.3, 0.4) is 0 Å². The van der Waals surface area contributed by atoms with Gasteiger partial charge in [0.15, 0.2) is 0 Å². The fraction of sp³-hybridized carbons (Fsp3) is 0.200. The van der Waals surface area contributed by atoms with Crippen LogP contribution < -0.4 is 5.32 Å². The molecule has 94 valence electrons. The number of rotatable bonds is 3. The first-order chi connectivity index (χ1) is 8.56. The summed E-state index contributed by atoms with van der Waals surface area (Å²) >= 11 is 12.2. The van der Waals surface area contributed by atoms with Crippen molar-refractivity contribution in [2.45, 2.75) is 19.9 Å². The maximum absolute atomic E-state index is 6.19. The van der Waals surface area contributed by atoms with Crippen molar-refractivity contribution in [3.63, 3.8) is 0 Å². The van der Waals surface area contributed by atoms with E-state index in [0.717, 1.165) is 16.3 Å². The molecule has 0 aliphatic carbocycles. The average molecular weight is 280 g/mol. The van der Waals surface area contributed by atoms with E-state index in [-0.39, 0.29) is 6.04 Å². The zero-order valence-electron chi connectivity index (χ0n) is 10.4. The Morgan fingerprint density at radius 3 is 2.56 bits per heavy atom. The minimum Gasteiger partial charge on any atom is -0.378 e. The van der Waals surface area contributed by atoms with E-state index in [1.165, 1.54) is 5.56 Å². The molecular weight excluding hydrogens is 265 g/mol. The lowest BCUT2D eigenvalue weighted by atomic mass is 10.1. The van der Waals surface area contributed by atoms with Gasteiger partial charge in [0.2, 0.25) is 0 Å². The monoisotopic (exact) mass is 279 g/mol. The molecule has 1 unspecified atom stereocenters. The van der Waals surface area contributed by atoms with E-state index in [4.69, 9.17) is 23.2 Å². The van der Waals surface area contributed by atoms with Crippen molar-refractivity contribution < 1.29 is 0 Å². The molecular formula is C15H15Cl2N. The van der Waals surface area contributed by atoms with E-state index in [1.807, 2.05) is 24.3 Å². The van der Waals surface area contributed by atoms with Gasteiger partial charge < -0.3 is 5.32 Å². The van der Waals surface area contributed by atoms with Gasteiger partial charge in [-0.2, -0.15) is 0 Å². The van der Waals surface area contributed by atoms with E-state index in [9.17, 15) is 0 Å². The van der Waals surface area contributed by atoms with Gasteiger partial charge in [0, 0.05) is 15.7 Å². The summed E-state index contributed by atoms with van der Waals surface area (Å²) in [4.78, 5) is 0. The molecule has 0 aliphatic heterocycles. The topological polar surface area (TPSA) is 12.0 Å². The molecule has 1 nitrogen and oxygen atoms in total. The Hall–Kier alpha value is -1.18. The summed E-state index contributed by atoms with van der Waals surface area (Å²) in [6, 6.07) is 13.9. The summed E-state index contributed by atoms with van der Waals surface area (Å²) in [7, 11) is 0. The van der Waals surface area contributed by atoms with Crippen LogP contribution >= 0.6 is 23.2 Å². The standard InChI is InChI=1S/C15H15Cl2N/c1-10-4-3-5-13(8-10)18-11(2)14-9-12(16)6-7-15(14)17/h3-9,11,18H,1-2H3. The minimum absolute atomic E-state index is 0.109. The zero-order valence-corrected chi connectivity index (χ0v) is 11.9. The van der Waals surface area contributed by atoms with E-state index < -0.39 is 0 Å². The van der Waals surface area contributed by atoms with Crippen LogP contribution in [0.1, 0.15) is 24.1 Å². The largest absolute Gasteiger partial charge is 0.378 e. The normalized spacial score (nSPS) is 12.2. The fourth-order valence-corrected chi connectivity index (χ4v) is 2.37. The minimum atomic E-state index is 0.109. The highest BCUT2D eigenvalue weighted by molar-refractivity contribution is 6.33. The van der Waals surface area contributed by atoms with Crippen molar-refractivity contribution in [1.82, 2.24) is 0 Å². The maximum atomic E-state index is 6.19. The lowest BCUT2D eigenvalue weighted by molar-refractivity contribution is 0.885. The Bertz CT molecular complexity index is 552. The van der Waals surface area contributed by atoms with Gasteiger partial charge in [-0.25, -0.2) is 0 Å². The summed E-state index contributed by atoms with van der Waals surface area (Å²) < 4.78 is 0. The van der Waals surface area contributed by atoms with E-state index >= 15 is 0 Å². The van der Waals surface area contributed by atoms with Crippen LogP contribution in [-0.4, -0.2) is 0 Å². The van der Waals surface area contributed by atoms with Gasteiger partial charge in [-0.05, 0) is 55.3 Å². The van der Waals surface area contributed by atoms with Gasteiger partial charge in [0.1, 0.15) is 0 Å². The van der Waals surface area contributed by atoms with Crippen molar-refractivity contribution in [2.24, 2.45) is 0 Å². The van der Waals surface area contributed by atoms with Crippen LogP contribution in [0.25, 0.3) is 0 Å². The molecule has 0 aliphatic rings. The molecule has 3 heteroatoms. The third kappa shape index (κ3) is 3.18. The van der Waals surface area contributed by atoms with E-state index in [0.29, 0.717) is 5.02 Å². The zero-order chi connectivity index (χ0) is 13.1. The molecule has 2 aromatic carbocycles. The number of nitrogens with one attached hydrogen (secondary N) is 1. The van der Waals surface area contributed by atoms with Gasteiger partial charge in [0.25, 0.3) is 0 Å². The molecule has 1 atom stereocenters. The average Bonchev–Trinajstić information content (AvgIpc) is 2.32. The molecule has 0 saturated carbocycles. The van der Waals surface area contributed by atoms with Crippen molar-refractivity contribution in [3.05, 3.63) is 63.6 Å². The number of aryl methyl sites for hydroxylation is 1. The van der Waals surface area contributed by atoms with E-state index in [1.54, 1.807) is 6.07 Å². The van der Waals surface area contributed by atoms with Crippen LogP contribution in [0, 0.1) is 6.92 Å². The van der Waals surface area contributed by atoms with Crippen LogP contribution in [0.15, 0.2) is 42.5 Å². The summed E-state index contributed by atoms with van der Waals surface area (Å²) in [6.07, 6.45) is 0. The first kappa shape index (κ1) is 13.3. The highest BCUT2D eigenvalue weighted by atomic mass is 35.5. The first-order valence-electron chi connectivity index (χ1n) is 5.84. The second-order valence-corrected chi connectivity index (χ2v) is 5.24. The number of halogens is 2. The lowest BCUT2D eigenvalue weighted by Gasteiger charge is -2.17. The number of hydrogen-bond donors (Lipinski definition) is 1. The molecule has 2 rings (SSSR count). The number of hydrogen-bond acceptors (Lipinski definition) is 1. The lowest BCUT2D eigenvalue weighted by Crippen LogP contribution is -2.07. The van der Waals surface area contributed by atoms with Gasteiger partial charge >= 0.3 is 0 Å². The van der Waals surface area contributed by atoms with Crippen LogP contribution in [-0.2, 0) is 0 Å². The third-order valence-corrected chi connectivity index (χ3v) is 3.41. The van der Waals surface area contributed by atoms with Gasteiger partial charge in [-0.3, -0.25) is 0 Å². The smallest absolute Gasteiger partial charge is 0.0500 e. The predicted octanol–water partition coefficient (Wildman–Crippen LogP) is 5.47. The maximum Gasteiger partial charge on any atom is 0.0500 e. The SMILES string of the molecule is Cc1cccc(NC(C)c2cc(Cl)ccc2Cl)c1. The van der Waals surface area contributed by atoms with Gasteiger partial charge in [-0.1, -0.05) is 35.3 Å². The molecule has 18 heavy (non-hydrogen) atoms. The molecule has 0 saturated heterocycles. The van der Waals surface area contributed by atoms with Crippen molar-refractivity contribution in [2.75, 3.05) is 5.32 Å². The quantitative estimate of drug-likeness (QED) is 0.785. The fourth-order valence-electron chi connectivity index (χ4n) is 1.91. The second-order valence-electron chi connectivity index (χ2n) is 4.40. The van der Waals surface area contributed by atoms with E-state index in [2.05, 4.69) is 31.3 Å². The molecule has 0 bridgehead atoms. The molecule has 2 aromatic rings. The Labute approximate surface area is 118 Å². The van der Waals surface area contributed by atoms with Crippen molar-refractivity contribution in [1.29, 1.82) is 0 Å².